The zero-order valence-corrected chi connectivity index (χ0v) is 15.6. The average molecular weight is 383 g/mol. The molecule has 0 saturated heterocycles. The summed E-state index contributed by atoms with van der Waals surface area (Å²) in [6, 6.07) is 14.4. The van der Waals surface area contributed by atoms with Gasteiger partial charge < -0.3 is 19.5 Å². The van der Waals surface area contributed by atoms with E-state index in [9.17, 15) is 14.4 Å². The number of hydrogen-bond acceptors (Lipinski definition) is 6. The zero-order chi connectivity index (χ0) is 20.4. The number of benzene rings is 2. The Labute approximate surface area is 162 Å². The zero-order valence-electron chi connectivity index (χ0n) is 15.6. The van der Waals surface area contributed by atoms with Crippen molar-refractivity contribution in [3.8, 4) is 11.5 Å². The van der Waals surface area contributed by atoms with Crippen molar-refractivity contribution in [1.29, 1.82) is 0 Å². The van der Waals surface area contributed by atoms with Gasteiger partial charge in [0.1, 0.15) is 11.5 Å². The van der Waals surface area contributed by atoms with Gasteiger partial charge in [-0.15, -0.1) is 0 Å². The molecule has 0 aliphatic rings. The van der Waals surface area contributed by atoms with Crippen LogP contribution in [0.15, 0.2) is 60.7 Å². The van der Waals surface area contributed by atoms with Crippen LogP contribution in [0.4, 0.5) is 5.69 Å². The Balaban J connectivity index is 1.78. The van der Waals surface area contributed by atoms with Crippen molar-refractivity contribution < 1.29 is 28.6 Å². The maximum Gasteiger partial charge on any atom is 0.331 e. The summed E-state index contributed by atoms with van der Waals surface area (Å²) in [4.78, 5) is 34.3. The molecule has 0 bridgehead atoms. The van der Waals surface area contributed by atoms with Crippen LogP contribution in [0.2, 0.25) is 0 Å². The lowest BCUT2D eigenvalue weighted by atomic mass is 10.2. The number of hydrogen-bond donors (Lipinski definition) is 1. The van der Waals surface area contributed by atoms with E-state index in [-0.39, 0.29) is 6.61 Å². The van der Waals surface area contributed by atoms with Crippen molar-refractivity contribution in [2.75, 3.05) is 18.5 Å². The van der Waals surface area contributed by atoms with Crippen LogP contribution < -0.4 is 10.1 Å². The van der Waals surface area contributed by atoms with Gasteiger partial charge in [0.05, 0.1) is 6.61 Å². The van der Waals surface area contributed by atoms with Gasteiger partial charge in [-0.25, -0.2) is 9.59 Å². The number of carbonyl (C=O) groups excluding carboxylic acids is 3. The van der Waals surface area contributed by atoms with E-state index in [0.29, 0.717) is 17.2 Å². The number of anilines is 1. The Bertz CT molecular complexity index is 840. The van der Waals surface area contributed by atoms with E-state index >= 15 is 0 Å². The summed E-state index contributed by atoms with van der Waals surface area (Å²) in [6.07, 6.45) is 1.85. The molecule has 0 unspecified atom stereocenters. The van der Waals surface area contributed by atoms with E-state index in [1.54, 1.807) is 31.2 Å². The van der Waals surface area contributed by atoms with Crippen molar-refractivity contribution in [1.82, 2.24) is 0 Å². The number of carbonyl (C=O) groups is 3. The van der Waals surface area contributed by atoms with Crippen LogP contribution in [0, 0.1) is 6.92 Å². The molecule has 146 valence electrons. The lowest BCUT2D eigenvalue weighted by Crippen LogP contribution is -2.20. The summed E-state index contributed by atoms with van der Waals surface area (Å²) in [6.45, 7) is 3.37. The summed E-state index contributed by atoms with van der Waals surface area (Å²) in [7, 11) is 0. The standard InChI is InChI=1S/C21H21NO6/c1-3-26-20(24)12-13-21(25)27-14-19(23)22-16-6-10-18(11-7-16)28-17-8-4-15(2)5-9-17/h4-13H,3,14H2,1-2H3,(H,22,23)/b13-12+. The van der Waals surface area contributed by atoms with Crippen LogP contribution in [0.3, 0.4) is 0 Å². The average Bonchev–Trinajstić information content (AvgIpc) is 2.68. The highest BCUT2D eigenvalue weighted by Gasteiger charge is 2.07. The molecule has 0 aliphatic heterocycles. The third-order valence-corrected chi connectivity index (χ3v) is 3.38. The van der Waals surface area contributed by atoms with Gasteiger partial charge in [-0.2, -0.15) is 0 Å². The smallest absolute Gasteiger partial charge is 0.331 e. The molecule has 0 fully saturated rings. The second-order valence-corrected chi connectivity index (χ2v) is 5.68. The number of esters is 2. The molecule has 2 rings (SSSR count). The molecule has 2 aromatic rings. The third-order valence-electron chi connectivity index (χ3n) is 3.38. The van der Waals surface area contributed by atoms with Crippen molar-refractivity contribution >= 4 is 23.5 Å². The van der Waals surface area contributed by atoms with Gasteiger partial charge in [-0.3, -0.25) is 4.79 Å². The van der Waals surface area contributed by atoms with Crippen molar-refractivity contribution in [2.24, 2.45) is 0 Å². The monoisotopic (exact) mass is 383 g/mol. The summed E-state index contributed by atoms with van der Waals surface area (Å²) in [5.74, 6) is -0.644. The maximum atomic E-state index is 11.8. The Morgan fingerprint density at radius 3 is 1.96 bits per heavy atom. The Morgan fingerprint density at radius 2 is 1.39 bits per heavy atom. The van der Waals surface area contributed by atoms with E-state index in [0.717, 1.165) is 17.7 Å². The summed E-state index contributed by atoms with van der Waals surface area (Å²) in [5.41, 5.74) is 1.67. The van der Waals surface area contributed by atoms with E-state index in [1.165, 1.54) is 0 Å². The Morgan fingerprint density at radius 1 is 0.857 bits per heavy atom. The number of rotatable bonds is 8. The van der Waals surface area contributed by atoms with Gasteiger partial charge in [0.25, 0.3) is 5.91 Å². The predicted octanol–water partition coefficient (Wildman–Crippen LogP) is 3.39. The summed E-state index contributed by atoms with van der Waals surface area (Å²) >= 11 is 0. The van der Waals surface area contributed by atoms with Crippen molar-refractivity contribution in [3.63, 3.8) is 0 Å². The molecule has 0 radical (unpaired) electrons. The number of ether oxygens (including phenoxy) is 3. The first-order chi connectivity index (χ1) is 13.5. The normalized spacial score (nSPS) is 10.4. The Kier molecular flexibility index (Phi) is 7.77. The highest BCUT2D eigenvalue weighted by molar-refractivity contribution is 5.95. The molecule has 0 heterocycles. The van der Waals surface area contributed by atoms with Gasteiger partial charge in [0.2, 0.25) is 0 Å². The molecule has 0 aliphatic carbocycles. The second-order valence-electron chi connectivity index (χ2n) is 5.68. The number of amides is 1. The van der Waals surface area contributed by atoms with Gasteiger partial charge in [-0.05, 0) is 50.2 Å². The molecular weight excluding hydrogens is 362 g/mol. The predicted molar refractivity (Wildman–Crippen MR) is 103 cm³/mol. The number of aryl methyl sites for hydroxylation is 1. The lowest BCUT2D eigenvalue weighted by molar-refractivity contribution is -0.143. The van der Waals surface area contributed by atoms with Gasteiger partial charge in [-0.1, -0.05) is 17.7 Å². The molecular formula is C21H21NO6. The van der Waals surface area contributed by atoms with Crippen LogP contribution in [-0.4, -0.2) is 31.1 Å². The molecule has 1 amide bonds. The molecule has 0 spiro atoms. The number of nitrogens with one attached hydrogen (secondary N) is 1. The van der Waals surface area contributed by atoms with Crippen LogP contribution in [0.5, 0.6) is 11.5 Å². The first-order valence-corrected chi connectivity index (χ1v) is 8.62. The molecule has 28 heavy (non-hydrogen) atoms. The summed E-state index contributed by atoms with van der Waals surface area (Å²) in [5, 5.41) is 2.59. The molecule has 7 heteroatoms. The van der Waals surface area contributed by atoms with Gasteiger partial charge >= 0.3 is 11.9 Å². The second kappa shape index (κ2) is 10.5. The quantitative estimate of drug-likeness (QED) is 0.555. The minimum Gasteiger partial charge on any atom is -0.463 e. The highest BCUT2D eigenvalue weighted by Crippen LogP contribution is 2.23. The van der Waals surface area contributed by atoms with E-state index in [1.807, 2.05) is 31.2 Å². The lowest BCUT2D eigenvalue weighted by Gasteiger charge is -2.08. The third kappa shape index (κ3) is 7.33. The molecule has 0 saturated carbocycles. The van der Waals surface area contributed by atoms with E-state index in [4.69, 9.17) is 9.47 Å². The minimum atomic E-state index is -0.815. The Hall–Kier alpha value is -3.61. The van der Waals surface area contributed by atoms with Crippen LogP contribution in [0.1, 0.15) is 12.5 Å². The van der Waals surface area contributed by atoms with Crippen molar-refractivity contribution in [2.45, 2.75) is 13.8 Å². The largest absolute Gasteiger partial charge is 0.463 e. The van der Waals surface area contributed by atoms with Crippen molar-refractivity contribution in [3.05, 3.63) is 66.2 Å². The van der Waals surface area contributed by atoms with E-state index < -0.39 is 24.5 Å². The molecule has 0 atom stereocenters. The fourth-order valence-corrected chi connectivity index (χ4v) is 2.06. The fourth-order valence-electron chi connectivity index (χ4n) is 2.06. The topological polar surface area (TPSA) is 90.9 Å². The van der Waals surface area contributed by atoms with Gasteiger partial charge in [0.15, 0.2) is 6.61 Å². The van der Waals surface area contributed by atoms with Crippen LogP contribution in [0.25, 0.3) is 0 Å². The highest BCUT2D eigenvalue weighted by atomic mass is 16.5. The molecule has 0 aromatic heterocycles. The first-order valence-electron chi connectivity index (χ1n) is 8.62. The van der Waals surface area contributed by atoms with Crippen LogP contribution in [-0.2, 0) is 23.9 Å². The van der Waals surface area contributed by atoms with Gasteiger partial charge in [0, 0.05) is 17.8 Å². The van der Waals surface area contributed by atoms with E-state index in [2.05, 4.69) is 10.1 Å². The summed E-state index contributed by atoms with van der Waals surface area (Å²) < 4.78 is 15.1. The SMILES string of the molecule is CCOC(=O)/C=C/C(=O)OCC(=O)Nc1ccc(Oc2ccc(C)cc2)cc1. The molecule has 7 nitrogen and oxygen atoms in total. The van der Waals surface area contributed by atoms with Crippen LogP contribution >= 0.6 is 0 Å². The minimum absolute atomic E-state index is 0.204. The maximum absolute atomic E-state index is 11.8. The fraction of sp³-hybridized carbons (Fsp3) is 0.190. The molecule has 2 aromatic carbocycles. The molecule has 1 N–H and O–H groups in total. The first kappa shape index (κ1) is 20.7.